The maximum absolute atomic E-state index is 13.0. The summed E-state index contributed by atoms with van der Waals surface area (Å²) in [5.41, 5.74) is 6.87. The third kappa shape index (κ3) is 6.32. The molecule has 0 amide bonds. The first kappa shape index (κ1) is 23.1. The molecule has 148 valence electrons. The molecule has 0 aliphatic heterocycles. The van der Waals surface area contributed by atoms with Gasteiger partial charge in [0, 0.05) is 19.6 Å². The van der Waals surface area contributed by atoms with E-state index >= 15 is 0 Å². The average Bonchev–Trinajstić information content (AvgIpc) is 2.66. The van der Waals surface area contributed by atoms with Crippen LogP contribution in [0.1, 0.15) is 22.8 Å². The predicted octanol–water partition coefficient (Wildman–Crippen LogP) is 2.48. The van der Waals surface area contributed by atoms with E-state index < -0.39 is 16.0 Å². The number of carbonyl (C=O) groups excluding carboxylic acids is 1. The zero-order chi connectivity index (χ0) is 19.0. The van der Waals surface area contributed by atoms with E-state index in [-0.39, 0.29) is 42.6 Å². The molecular formula is C19H25ClN2O4S. The minimum atomic E-state index is -3.76. The zero-order valence-electron chi connectivity index (χ0n) is 15.2. The van der Waals surface area contributed by atoms with E-state index in [4.69, 9.17) is 10.5 Å². The van der Waals surface area contributed by atoms with Gasteiger partial charge in [-0.25, -0.2) is 13.2 Å². The highest BCUT2D eigenvalue weighted by atomic mass is 35.5. The van der Waals surface area contributed by atoms with Crippen LogP contribution in [0, 0.1) is 0 Å². The second-order valence-corrected chi connectivity index (χ2v) is 7.61. The number of benzene rings is 2. The summed E-state index contributed by atoms with van der Waals surface area (Å²) in [6.07, 6.45) is 0.581. The van der Waals surface area contributed by atoms with E-state index in [2.05, 4.69) is 0 Å². The van der Waals surface area contributed by atoms with Crippen LogP contribution < -0.4 is 5.73 Å². The highest BCUT2D eigenvalue weighted by Crippen LogP contribution is 2.18. The van der Waals surface area contributed by atoms with Gasteiger partial charge in [-0.3, -0.25) is 0 Å². The predicted molar refractivity (Wildman–Crippen MR) is 108 cm³/mol. The second kappa shape index (κ2) is 11.0. The zero-order valence-corrected chi connectivity index (χ0v) is 16.8. The van der Waals surface area contributed by atoms with Crippen LogP contribution in [0.4, 0.5) is 0 Å². The van der Waals surface area contributed by atoms with Gasteiger partial charge in [0.1, 0.15) is 0 Å². The summed E-state index contributed by atoms with van der Waals surface area (Å²) < 4.78 is 32.3. The Balaban J connectivity index is 0.00000364. The first-order valence-electron chi connectivity index (χ1n) is 8.50. The quantitative estimate of drug-likeness (QED) is 0.639. The molecule has 0 aromatic heterocycles. The number of hydrogen-bond acceptors (Lipinski definition) is 5. The highest BCUT2D eigenvalue weighted by molar-refractivity contribution is 7.89. The molecule has 0 atom stereocenters. The van der Waals surface area contributed by atoms with Crippen molar-refractivity contribution in [2.24, 2.45) is 5.73 Å². The molecule has 0 radical (unpaired) electrons. The van der Waals surface area contributed by atoms with Crippen LogP contribution in [0.25, 0.3) is 0 Å². The Kier molecular flexibility index (Phi) is 9.45. The van der Waals surface area contributed by atoms with Crippen molar-refractivity contribution in [3.63, 3.8) is 0 Å². The molecule has 2 N–H and O–H groups in total. The Morgan fingerprint density at radius 3 is 2.41 bits per heavy atom. The topological polar surface area (TPSA) is 89.7 Å². The summed E-state index contributed by atoms with van der Waals surface area (Å²) in [4.78, 5) is 11.9. The van der Waals surface area contributed by atoms with Crippen molar-refractivity contribution in [3.8, 4) is 0 Å². The molecular weight excluding hydrogens is 388 g/mol. The lowest BCUT2D eigenvalue weighted by Gasteiger charge is -2.22. The number of halogens is 1. The van der Waals surface area contributed by atoms with Crippen molar-refractivity contribution >= 4 is 28.4 Å². The Bertz CT molecular complexity index is 829. The molecule has 0 aliphatic rings. The van der Waals surface area contributed by atoms with Crippen LogP contribution in [0.5, 0.6) is 0 Å². The fraction of sp³-hybridized carbons (Fsp3) is 0.316. The van der Waals surface area contributed by atoms with Gasteiger partial charge in [-0.05, 0) is 37.1 Å². The summed E-state index contributed by atoms with van der Waals surface area (Å²) in [6, 6.07) is 15.6. The number of carbonyl (C=O) groups is 1. The standard InChI is InChI=1S/C19H24N2O4S.ClH/c1-2-25-19(22)17-9-6-10-18(15-17)26(23,24)21(14-12-20)13-11-16-7-4-3-5-8-16;/h3-10,15H,2,11-14,20H2,1H3;1H. The Hall–Kier alpha value is -1.93. The fourth-order valence-electron chi connectivity index (χ4n) is 2.54. The monoisotopic (exact) mass is 412 g/mol. The van der Waals surface area contributed by atoms with E-state index in [1.165, 1.54) is 28.6 Å². The van der Waals surface area contributed by atoms with Crippen molar-refractivity contribution in [2.45, 2.75) is 18.2 Å². The number of sulfonamides is 1. The molecule has 2 aromatic rings. The third-order valence-corrected chi connectivity index (χ3v) is 5.75. The molecule has 6 nitrogen and oxygen atoms in total. The number of hydrogen-bond donors (Lipinski definition) is 1. The molecule has 0 unspecified atom stereocenters. The minimum Gasteiger partial charge on any atom is -0.462 e. The molecule has 27 heavy (non-hydrogen) atoms. The van der Waals surface area contributed by atoms with E-state index in [1.807, 2.05) is 30.3 Å². The molecule has 0 spiro atoms. The van der Waals surface area contributed by atoms with Gasteiger partial charge in [0.15, 0.2) is 0 Å². The lowest BCUT2D eigenvalue weighted by molar-refractivity contribution is 0.0526. The SMILES string of the molecule is CCOC(=O)c1cccc(S(=O)(=O)N(CCN)CCc2ccccc2)c1.Cl. The van der Waals surface area contributed by atoms with Crippen molar-refractivity contribution in [2.75, 3.05) is 26.2 Å². The molecule has 0 fully saturated rings. The summed E-state index contributed by atoms with van der Waals surface area (Å²) in [5, 5.41) is 0. The second-order valence-electron chi connectivity index (χ2n) is 5.68. The first-order chi connectivity index (χ1) is 12.5. The third-order valence-electron chi connectivity index (χ3n) is 3.85. The van der Waals surface area contributed by atoms with Crippen LogP contribution in [-0.4, -0.2) is 44.9 Å². The molecule has 0 bridgehead atoms. The number of nitrogens with zero attached hydrogens (tertiary/aromatic N) is 1. The summed E-state index contributed by atoms with van der Waals surface area (Å²) in [7, 11) is -3.76. The highest BCUT2D eigenvalue weighted by Gasteiger charge is 2.24. The van der Waals surface area contributed by atoms with Crippen LogP contribution >= 0.6 is 12.4 Å². The summed E-state index contributed by atoms with van der Waals surface area (Å²) >= 11 is 0. The van der Waals surface area contributed by atoms with Gasteiger partial charge in [0.2, 0.25) is 10.0 Å². The van der Waals surface area contributed by atoms with Crippen LogP contribution in [-0.2, 0) is 21.2 Å². The van der Waals surface area contributed by atoms with E-state index in [0.717, 1.165) is 5.56 Å². The van der Waals surface area contributed by atoms with Crippen LogP contribution in [0.15, 0.2) is 59.5 Å². The Morgan fingerprint density at radius 2 is 1.78 bits per heavy atom. The van der Waals surface area contributed by atoms with Crippen LogP contribution in [0.2, 0.25) is 0 Å². The normalized spacial score (nSPS) is 11.1. The van der Waals surface area contributed by atoms with Gasteiger partial charge in [-0.2, -0.15) is 4.31 Å². The van der Waals surface area contributed by atoms with Gasteiger partial charge >= 0.3 is 5.97 Å². The Labute approximate surface area is 166 Å². The van der Waals surface area contributed by atoms with E-state index in [9.17, 15) is 13.2 Å². The largest absolute Gasteiger partial charge is 0.462 e. The average molecular weight is 413 g/mol. The first-order valence-corrected chi connectivity index (χ1v) is 9.94. The van der Waals surface area contributed by atoms with Crippen molar-refractivity contribution in [3.05, 3.63) is 65.7 Å². The van der Waals surface area contributed by atoms with Crippen LogP contribution in [0.3, 0.4) is 0 Å². The lowest BCUT2D eigenvalue weighted by atomic mass is 10.1. The molecule has 0 saturated heterocycles. The molecule has 8 heteroatoms. The van der Waals surface area contributed by atoms with Gasteiger partial charge in [0.25, 0.3) is 0 Å². The molecule has 0 heterocycles. The maximum Gasteiger partial charge on any atom is 0.338 e. The molecule has 2 aromatic carbocycles. The molecule has 2 rings (SSSR count). The fourth-order valence-corrected chi connectivity index (χ4v) is 4.04. The van der Waals surface area contributed by atoms with Gasteiger partial charge < -0.3 is 10.5 Å². The lowest BCUT2D eigenvalue weighted by Crippen LogP contribution is -2.37. The summed E-state index contributed by atoms with van der Waals surface area (Å²) in [6.45, 7) is 2.66. The number of esters is 1. The Morgan fingerprint density at radius 1 is 1.07 bits per heavy atom. The van der Waals surface area contributed by atoms with Gasteiger partial charge in [0.05, 0.1) is 17.1 Å². The van der Waals surface area contributed by atoms with E-state index in [0.29, 0.717) is 13.0 Å². The van der Waals surface area contributed by atoms with Crippen molar-refractivity contribution in [1.29, 1.82) is 0 Å². The van der Waals surface area contributed by atoms with Gasteiger partial charge in [-0.15, -0.1) is 12.4 Å². The minimum absolute atomic E-state index is 0. The summed E-state index contributed by atoms with van der Waals surface area (Å²) in [5.74, 6) is -0.542. The molecule has 0 saturated carbocycles. The number of rotatable bonds is 9. The van der Waals surface area contributed by atoms with Crippen molar-refractivity contribution < 1.29 is 17.9 Å². The molecule has 0 aliphatic carbocycles. The van der Waals surface area contributed by atoms with Crippen molar-refractivity contribution in [1.82, 2.24) is 4.31 Å². The van der Waals surface area contributed by atoms with E-state index in [1.54, 1.807) is 6.92 Å². The van der Waals surface area contributed by atoms with Gasteiger partial charge in [-0.1, -0.05) is 36.4 Å². The number of ether oxygens (including phenoxy) is 1. The maximum atomic E-state index is 13.0. The smallest absolute Gasteiger partial charge is 0.338 e. The number of nitrogens with two attached hydrogens (primary N) is 1.